The quantitative estimate of drug-likeness (QED) is 0.746. The van der Waals surface area contributed by atoms with Crippen LogP contribution < -0.4 is 0 Å². The molecule has 0 saturated heterocycles. The summed E-state index contributed by atoms with van der Waals surface area (Å²) in [5.41, 5.74) is -0.602. The van der Waals surface area contributed by atoms with Gasteiger partial charge in [-0.3, -0.25) is 4.79 Å². The highest BCUT2D eigenvalue weighted by molar-refractivity contribution is 5.68. The minimum absolute atomic E-state index is 0.123. The van der Waals surface area contributed by atoms with Crippen LogP contribution in [0.1, 0.15) is 25.8 Å². The Kier molecular flexibility index (Phi) is 7.02. The van der Waals surface area contributed by atoms with Crippen molar-refractivity contribution in [1.82, 2.24) is 0 Å². The van der Waals surface area contributed by atoms with Crippen LogP contribution >= 0.6 is 0 Å². The van der Waals surface area contributed by atoms with Gasteiger partial charge in [0.05, 0.1) is 12.2 Å². The van der Waals surface area contributed by atoms with Gasteiger partial charge in [0.25, 0.3) is 0 Å². The molecule has 0 aliphatic rings. The maximum absolute atomic E-state index is 11.8. The lowest BCUT2D eigenvalue weighted by molar-refractivity contribution is -0.142. The van der Waals surface area contributed by atoms with Crippen molar-refractivity contribution in [3.8, 4) is 0 Å². The van der Waals surface area contributed by atoms with Crippen molar-refractivity contribution in [1.29, 1.82) is 0 Å². The molecule has 5 heteroatoms. The first-order valence-electron chi connectivity index (χ1n) is 5.19. The second-order valence-electron chi connectivity index (χ2n) is 3.02. The Balaban J connectivity index is 0.000000325. The maximum atomic E-state index is 11.8. The molecule has 0 aromatic heterocycles. The lowest BCUT2D eigenvalue weighted by Crippen LogP contribution is -2.03. The van der Waals surface area contributed by atoms with Crippen molar-refractivity contribution in [3.05, 3.63) is 35.9 Å². The summed E-state index contributed by atoms with van der Waals surface area (Å²) in [5.74, 6) is -0.123. The van der Waals surface area contributed by atoms with Gasteiger partial charge in [-0.2, -0.15) is 13.2 Å². The van der Waals surface area contributed by atoms with Gasteiger partial charge >= 0.3 is 12.1 Å². The molecular formula is C12H15F3O2. The molecular weight excluding hydrogens is 233 g/mol. The molecule has 0 aliphatic carbocycles. The topological polar surface area (TPSA) is 26.3 Å². The van der Waals surface area contributed by atoms with Crippen LogP contribution in [0.15, 0.2) is 30.3 Å². The highest BCUT2D eigenvalue weighted by Crippen LogP contribution is 2.28. The van der Waals surface area contributed by atoms with Gasteiger partial charge in [0.15, 0.2) is 0 Å². The number of hydrogen-bond donors (Lipinski definition) is 0. The van der Waals surface area contributed by atoms with E-state index in [1.165, 1.54) is 12.1 Å². The van der Waals surface area contributed by atoms with E-state index in [9.17, 15) is 18.0 Å². The standard InChI is InChI=1S/C7H5F3.C5H10O2/c8-7(9,10)6-4-2-1-3-5-6;1-3-5(6)7-4-2/h1-5H;3-4H2,1-2H3. The van der Waals surface area contributed by atoms with Crippen molar-refractivity contribution >= 4 is 5.97 Å². The third kappa shape index (κ3) is 7.38. The molecule has 0 unspecified atom stereocenters. The number of rotatable bonds is 2. The van der Waals surface area contributed by atoms with Crippen LogP contribution in [-0.2, 0) is 15.7 Å². The van der Waals surface area contributed by atoms with E-state index in [0.717, 1.165) is 12.1 Å². The summed E-state index contributed by atoms with van der Waals surface area (Å²) in [5, 5.41) is 0. The van der Waals surface area contributed by atoms with Crippen LogP contribution in [0.5, 0.6) is 0 Å². The summed E-state index contributed by atoms with van der Waals surface area (Å²) in [6.45, 7) is 4.07. The monoisotopic (exact) mass is 248 g/mol. The first-order valence-corrected chi connectivity index (χ1v) is 5.19. The minimum atomic E-state index is -4.21. The smallest absolute Gasteiger partial charge is 0.416 e. The zero-order valence-corrected chi connectivity index (χ0v) is 9.75. The van der Waals surface area contributed by atoms with Gasteiger partial charge in [-0.25, -0.2) is 0 Å². The fourth-order valence-corrected chi connectivity index (χ4v) is 0.890. The molecule has 0 atom stereocenters. The molecule has 0 bridgehead atoms. The molecule has 0 heterocycles. The predicted molar refractivity (Wildman–Crippen MR) is 58.4 cm³/mol. The van der Waals surface area contributed by atoms with Gasteiger partial charge in [-0.15, -0.1) is 0 Å². The van der Waals surface area contributed by atoms with E-state index in [1.54, 1.807) is 19.9 Å². The molecule has 0 spiro atoms. The Hall–Kier alpha value is -1.52. The number of benzene rings is 1. The summed E-state index contributed by atoms with van der Waals surface area (Å²) in [7, 11) is 0. The zero-order valence-electron chi connectivity index (χ0n) is 9.75. The van der Waals surface area contributed by atoms with E-state index in [-0.39, 0.29) is 5.97 Å². The molecule has 1 aromatic carbocycles. The third-order valence-electron chi connectivity index (χ3n) is 1.70. The van der Waals surface area contributed by atoms with Crippen LogP contribution in [0.3, 0.4) is 0 Å². The van der Waals surface area contributed by atoms with E-state index >= 15 is 0 Å². The number of carbonyl (C=O) groups excluding carboxylic acids is 1. The van der Waals surface area contributed by atoms with Crippen LogP contribution in [0, 0.1) is 0 Å². The Morgan fingerprint density at radius 1 is 1.18 bits per heavy atom. The molecule has 1 aromatic rings. The van der Waals surface area contributed by atoms with Gasteiger partial charge in [0.2, 0.25) is 0 Å². The zero-order chi connectivity index (χ0) is 13.3. The molecule has 0 N–H and O–H groups in total. The van der Waals surface area contributed by atoms with E-state index < -0.39 is 11.7 Å². The van der Waals surface area contributed by atoms with Crippen LogP contribution in [0.25, 0.3) is 0 Å². The highest BCUT2D eigenvalue weighted by atomic mass is 19.4. The summed E-state index contributed by atoms with van der Waals surface area (Å²) < 4.78 is 39.9. The molecule has 17 heavy (non-hydrogen) atoms. The van der Waals surface area contributed by atoms with Crippen molar-refractivity contribution in [2.75, 3.05) is 6.61 Å². The van der Waals surface area contributed by atoms with Gasteiger partial charge in [-0.05, 0) is 6.92 Å². The maximum Gasteiger partial charge on any atom is 0.416 e. The lowest BCUT2D eigenvalue weighted by atomic mass is 10.2. The number of hydrogen-bond acceptors (Lipinski definition) is 2. The fourth-order valence-electron chi connectivity index (χ4n) is 0.890. The van der Waals surface area contributed by atoms with Crippen molar-refractivity contribution in [2.24, 2.45) is 0 Å². The summed E-state index contributed by atoms with van der Waals surface area (Å²) in [4.78, 5) is 10.2. The fraction of sp³-hybridized carbons (Fsp3) is 0.417. The van der Waals surface area contributed by atoms with Crippen LogP contribution in [0.2, 0.25) is 0 Å². The number of esters is 1. The summed E-state index contributed by atoms with van der Waals surface area (Å²) in [6.07, 6.45) is -3.73. The van der Waals surface area contributed by atoms with Crippen molar-refractivity contribution in [2.45, 2.75) is 26.4 Å². The first kappa shape index (κ1) is 15.5. The second kappa shape index (κ2) is 7.70. The van der Waals surface area contributed by atoms with Crippen molar-refractivity contribution < 1.29 is 22.7 Å². The number of halogens is 3. The molecule has 0 radical (unpaired) electrons. The average Bonchev–Trinajstić information content (AvgIpc) is 2.30. The normalized spacial score (nSPS) is 10.2. The lowest BCUT2D eigenvalue weighted by Gasteiger charge is -2.03. The molecule has 0 saturated carbocycles. The molecule has 96 valence electrons. The summed E-state index contributed by atoms with van der Waals surface area (Å²) in [6, 6.07) is 6.36. The number of alkyl halides is 3. The third-order valence-corrected chi connectivity index (χ3v) is 1.70. The van der Waals surface area contributed by atoms with Crippen LogP contribution in [0.4, 0.5) is 13.2 Å². The Bertz CT molecular complexity index is 320. The largest absolute Gasteiger partial charge is 0.466 e. The highest BCUT2D eigenvalue weighted by Gasteiger charge is 2.29. The molecule has 1 rings (SSSR count). The predicted octanol–water partition coefficient (Wildman–Crippen LogP) is 3.66. The average molecular weight is 248 g/mol. The van der Waals surface area contributed by atoms with E-state index in [2.05, 4.69) is 4.74 Å². The molecule has 0 aliphatic heterocycles. The van der Waals surface area contributed by atoms with Crippen molar-refractivity contribution in [3.63, 3.8) is 0 Å². The second-order valence-corrected chi connectivity index (χ2v) is 3.02. The van der Waals surface area contributed by atoms with Gasteiger partial charge < -0.3 is 4.74 Å². The molecule has 2 nitrogen and oxygen atoms in total. The van der Waals surface area contributed by atoms with Gasteiger partial charge in [0, 0.05) is 6.42 Å². The van der Waals surface area contributed by atoms with Crippen LogP contribution in [-0.4, -0.2) is 12.6 Å². The summed E-state index contributed by atoms with van der Waals surface area (Å²) >= 11 is 0. The molecule has 0 amide bonds. The Morgan fingerprint density at radius 3 is 1.94 bits per heavy atom. The van der Waals surface area contributed by atoms with E-state index in [4.69, 9.17) is 0 Å². The molecule has 0 fully saturated rings. The number of ether oxygens (including phenoxy) is 1. The van der Waals surface area contributed by atoms with E-state index in [1.807, 2.05) is 0 Å². The number of carbonyl (C=O) groups is 1. The SMILES string of the molecule is CCOC(=O)CC.FC(F)(F)c1ccccc1. The van der Waals surface area contributed by atoms with E-state index in [0.29, 0.717) is 13.0 Å². The van der Waals surface area contributed by atoms with Gasteiger partial charge in [-0.1, -0.05) is 37.3 Å². The first-order chi connectivity index (χ1) is 7.91. The Labute approximate surface area is 98.4 Å². The minimum Gasteiger partial charge on any atom is -0.466 e. The van der Waals surface area contributed by atoms with Gasteiger partial charge in [0.1, 0.15) is 0 Å². The Morgan fingerprint density at radius 2 is 1.71 bits per heavy atom.